The maximum Gasteiger partial charge on any atom is 0.242 e. The summed E-state index contributed by atoms with van der Waals surface area (Å²) in [5, 5.41) is 3.30. The van der Waals surface area contributed by atoms with Crippen molar-refractivity contribution in [3.8, 4) is 0 Å². The molecule has 7 nitrogen and oxygen atoms in total. The topological polar surface area (TPSA) is 105 Å². The van der Waals surface area contributed by atoms with Crippen molar-refractivity contribution in [1.82, 2.24) is 15.4 Å². The summed E-state index contributed by atoms with van der Waals surface area (Å²) in [4.78, 5) is 20.5. The second-order valence-corrected chi connectivity index (χ2v) is 9.34. The Bertz CT molecular complexity index is 814. The minimum Gasteiger partial charge on any atom is -0.393 e. The summed E-state index contributed by atoms with van der Waals surface area (Å²) < 4.78 is 0. The Labute approximate surface area is 212 Å². The molecule has 35 heavy (non-hydrogen) atoms. The van der Waals surface area contributed by atoms with Crippen LogP contribution in [0.5, 0.6) is 0 Å². The average molecular weight is 483 g/mol. The lowest BCUT2D eigenvalue weighted by atomic mass is 10.0. The van der Waals surface area contributed by atoms with Crippen LogP contribution in [0.3, 0.4) is 0 Å². The first-order valence-corrected chi connectivity index (χ1v) is 13.6. The van der Waals surface area contributed by atoms with Gasteiger partial charge in [-0.2, -0.15) is 0 Å². The molecule has 0 atom stereocenters. The van der Waals surface area contributed by atoms with E-state index in [9.17, 15) is 4.79 Å². The highest BCUT2D eigenvalue weighted by atomic mass is 16.2. The number of hydrogen-bond donors (Lipinski definition) is 4. The van der Waals surface area contributed by atoms with Crippen LogP contribution in [-0.2, 0) is 11.2 Å². The third kappa shape index (κ3) is 13.0. The van der Waals surface area contributed by atoms with Crippen LogP contribution in [0.1, 0.15) is 102 Å². The fourth-order valence-corrected chi connectivity index (χ4v) is 4.12. The Hall–Kier alpha value is -2.83. The highest BCUT2D eigenvalue weighted by molar-refractivity contribution is 5.81. The van der Waals surface area contributed by atoms with Crippen LogP contribution in [-0.4, -0.2) is 22.4 Å². The molecule has 194 valence electrons. The summed E-state index contributed by atoms with van der Waals surface area (Å²) in [6, 6.07) is 9.58. The van der Waals surface area contributed by atoms with E-state index < -0.39 is 0 Å². The molecule has 0 fully saturated rings. The Morgan fingerprint density at radius 3 is 1.91 bits per heavy atom. The molecular weight excluding hydrogens is 436 g/mol. The van der Waals surface area contributed by atoms with Crippen LogP contribution in [0.2, 0.25) is 0 Å². The molecule has 1 aromatic carbocycles. The Balaban J connectivity index is 1.50. The minimum atomic E-state index is -0.161. The summed E-state index contributed by atoms with van der Waals surface area (Å²) in [5.74, 6) is 0.825. The zero-order valence-electron chi connectivity index (χ0n) is 21.7. The molecule has 0 aliphatic heterocycles. The summed E-state index contributed by atoms with van der Waals surface area (Å²) in [6.45, 7) is 3.09. The summed E-state index contributed by atoms with van der Waals surface area (Å²) >= 11 is 0. The molecule has 0 saturated carbocycles. The van der Waals surface area contributed by atoms with Gasteiger partial charge in [0.15, 0.2) is 11.6 Å². The number of anilines is 3. The number of amides is 1. The summed E-state index contributed by atoms with van der Waals surface area (Å²) in [6.07, 6.45) is 20.5. The van der Waals surface area contributed by atoms with Crippen molar-refractivity contribution in [2.45, 2.75) is 103 Å². The summed E-state index contributed by atoms with van der Waals surface area (Å²) in [7, 11) is 0. The van der Waals surface area contributed by atoms with Gasteiger partial charge in [-0.1, -0.05) is 121 Å². The monoisotopic (exact) mass is 482 g/mol. The molecule has 5 N–H and O–H groups in total. The highest BCUT2D eigenvalue weighted by Gasteiger charge is 2.09. The minimum absolute atomic E-state index is 0.161. The molecule has 0 aliphatic carbocycles. The number of hydrogen-bond acceptors (Lipinski definition) is 6. The van der Waals surface area contributed by atoms with Crippen molar-refractivity contribution in [3.63, 3.8) is 0 Å². The first-order chi connectivity index (χ1) is 17.2. The van der Waals surface area contributed by atoms with E-state index in [0.29, 0.717) is 17.3 Å². The molecule has 0 saturated heterocycles. The molecule has 0 aliphatic rings. The lowest BCUT2D eigenvalue weighted by molar-refractivity contribution is -0.119. The zero-order valence-corrected chi connectivity index (χ0v) is 21.7. The quantitative estimate of drug-likeness (QED) is 0.125. The third-order valence-corrected chi connectivity index (χ3v) is 6.23. The van der Waals surface area contributed by atoms with Gasteiger partial charge >= 0.3 is 0 Å². The molecule has 0 unspecified atom stereocenters. The molecule has 0 bridgehead atoms. The fraction of sp³-hybridized carbons (Fsp3) is 0.607. The first kappa shape index (κ1) is 28.4. The molecule has 0 spiro atoms. The number of benzene rings is 1. The van der Waals surface area contributed by atoms with E-state index in [2.05, 4.69) is 33.1 Å². The largest absolute Gasteiger partial charge is 0.393 e. The Kier molecular flexibility index (Phi) is 15.0. The van der Waals surface area contributed by atoms with E-state index in [-0.39, 0.29) is 12.3 Å². The van der Waals surface area contributed by atoms with Gasteiger partial charge in [0.05, 0.1) is 6.42 Å². The highest BCUT2D eigenvalue weighted by Crippen LogP contribution is 2.22. The van der Waals surface area contributed by atoms with Gasteiger partial charge in [0.25, 0.3) is 0 Å². The number of unbranched alkanes of at least 4 members (excludes halogenated alkanes) is 13. The molecule has 2 aromatic rings. The predicted octanol–water partition coefficient (Wildman–Crippen LogP) is 6.64. The number of nitrogens with one attached hydrogen (secondary N) is 3. The molecular formula is C28H46N6O. The number of carbonyl (C=O) groups is 1. The van der Waals surface area contributed by atoms with Crippen molar-refractivity contribution in [2.24, 2.45) is 0 Å². The molecule has 7 heteroatoms. The van der Waals surface area contributed by atoms with Gasteiger partial charge in [-0.05, 0) is 12.0 Å². The van der Waals surface area contributed by atoms with Gasteiger partial charge in [-0.15, -0.1) is 0 Å². The van der Waals surface area contributed by atoms with Gasteiger partial charge in [0.1, 0.15) is 12.0 Å². The van der Waals surface area contributed by atoms with Gasteiger partial charge in [0.2, 0.25) is 5.91 Å². The lowest BCUT2D eigenvalue weighted by Crippen LogP contribution is -2.31. The van der Waals surface area contributed by atoms with Gasteiger partial charge < -0.3 is 11.1 Å². The van der Waals surface area contributed by atoms with E-state index in [1.165, 1.54) is 89.8 Å². The number of nitrogen functional groups attached to an aromatic ring is 1. The second-order valence-electron chi connectivity index (χ2n) is 9.34. The summed E-state index contributed by atoms with van der Waals surface area (Å²) in [5.41, 5.74) is 13.0. The molecule has 1 aromatic heterocycles. The maximum absolute atomic E-state index is 12.1. The maximum atomic E-state index is 12.1. The van der Waals surface area contributed by atoms with E-state index in [1.54, 1.807) is 0 Å². The van der Waals surface area contributed by atoms with Crippen LogP contribution in [0.4, 0.5) is 17.3 Å². The predicted molar refractivity (Wildman–Crippen MR) is 147 cm³/mol. The molecule has 1 heterocycles. The average Bonchev–Trinajstić information content (AvgIpc) is 2.87. The number of aromatic nitrogens is 2. The van der Waals surface area contributed by atoms with Crippen LogP contribution in [0, 0.1) is 0 Å². The second kappa shape index (κ2) is 18.5. The Morgan fingerprint density at radius 2 is 1.31 bits per heavy atom. The van der Waals surface area contributed by atoms with Crippen molar-refractivity contribution in [1.29, 1.82) is 0 Å². The number of hydrazine groups is 1. The SMILES string of the molecule is CCCCCCCCCCCCCCCCNc1ncnc(NNC(=O)Cc2ccccc2)c1N. The van der Waals surface area contributed by atoms with Gasteiger partial charge in [-0.25, -0.2) is 9.97 Å². The number of nitrogens with two attached hydrogens (primary N) is 1. The molecule has 0 radical (unpaired) electrons. The van der Waals surface area contributed by atoms with Crippen molar-refractivity contribution in [3.05, 3.63) is 42.2 Å². The van der Waals surface area contributed by atoms with Crippen LogP contribution in [0.15, 0.2) is 36.7 Å². The van der Waals surface area contributed by atoms with Gasteiger partial charge in [0, 0.05) is 6.54 Å². The van der Waals surface area contributed by atoms with Crippen molar-refractivity contribution in [2.75, 3.05) is 23.0 Å². The van der Waals surface area contributed by atoms with Crippen LogP contribution < -0.4 is 21.9 Å². The van der Waals surface area contributed by atoms with E-state index in [1.807, 2.05) is 30.3 Å². The standard InChI is InChI=1S/C28H46N6O/c1-2-3-4-5-6-7-8-9-10-11-12-13-14-18-21-30-27-26(29)28(32-23-31-27)34-33-25(35)22-24-19-16-15-17-20-24/h15-17,19-20,23H,2-14,18,21-22,29H2,1H3,(H,33,35)(H2,30,31,32,34). The number of rotatable bonds is 20. The number of carbonyl (C=O) groups excluding carboxylic acids is 1. The molecule has 2 rings (SSSR count). The Morgan fingerprint density at radius 1 is 0.771 bits per heavy atom. The third-order valence-electron chi connectivity index (χ3n) is 6.23. The van der Waals surface area contributed by atoms with E-state index in [0.717, 1.165) is 18.5 Å². The molecule has 1 amide bonds. The van der Waals surface area contributed by atoms with E-state index in [4.69, 9.17) is 5.73 Å². The van der Waals surface area contributed by atoms with Crippen LogP contribution >= 0.6 is 0 Å². The zero-order chi connectivity index (χ0) is 25.0. The smallest absolute Gasteiger partial charge is 0.242 e. The van der Waals surface area contributed by atoms with Crippen LogP contribution in [0.25, 0.3) is 0 Å². The number of nitrogens with zero attached hydrogens (tertiary/aromatic N) is 2. The fourth-order valence-electron chi connectivity index (χ4n) is 4.12. The van der Waals surface area contributed by atoms with Crippen molar-refractivity contribution >= 4 is 23.2 Å². The van der Waals surface area contributed by atoms with E-state index >= 15 is 0 Å². The lowest BCUT2D eigenvalue weighted by Gasteiger charge is -2.13. The van der Waals surface area contributed by atoms with Gasteiger partial charge in [-0.3, -0.25) is 15.6 Å². The first-order valence-electron chi connectivity index (χ1n) is 13.6. The normalized spacial score (nSPS) is 10.8. The van der Waals surface area contributed by atoms with Crippen molar-refractivity contribution < 1.29 is 4.79 Å².